The first-order valence-corrected chi connectivity index (χ1v) is 11.2. The number of amides is 1. The van der Waals surface area contributed by atoms with Crippen molar-refractivity contribution in [3.8, 4) is 17.2 Å². The first kappa shape index (κ1) is 21.2. The van der Waals surface area contributed by atoms with Crippen molar-refractivity contribution in [3.63, 3.8) is 0 Å². The van der Waals surface area contributed by atoms with Gasteiger partial charge in [-0.05, 0) is 68.4 Å². The molecule has 1 aliphatic rings. The Hall–Kier alpha value is -3.08. The third-order valence-corrected chi connectivity index (χ3v) is 5.95. The average Bonchev–Trinajstić information content (AvgIpc) is 3.28. The zero-order chi connectivity index (χ0) is 21.5. The minimum atomic E-state index is 0.137. The van der Waals surface area contributed by atoms with E-state index in [1.807, 2.05) is 54.3 Å². The van der Waals surface area contributed by atoms with Gasteiger partial charge in [0.25, 0.3) is 0 Å². The number of nitrogens with zero attached hydrogens (tertiary/aromatic N) is 2. The van der Waals surface area contributed by atoms with Crippen LogP contribution in [0.4, 0.5) is 0 Å². The number of piperidine rings is 1. The molecule has 1 saturated heterocycles. The molecule has 162 valence electrons. The van der Waals surface area contributed by atoms with E-state index in [4.69, 9.17) is 9.15 Å². The average molecular weight is 419 g/mol. The molecule has 0 radical (unpaired) electrons. The number of benzene rings is 2. The minimum absolute atomic E-state index is 0.137. The van der Waals surface area contributed by atoms with Gasteiger partial charge < -0.3 is 14.1 Å². The van der Waals surface area contributed by atoms with Gasteiger partial charge in [0.15, 0.2) is 0 Å². The lowest BCUT2D eigenvalue weighted by Gasteiger charge is -2.32. The van der Waals surface area contributed by atoms with Crippen LogP contribution in [-0.4, -0.2) is 35.5 Å². The lowest BCUT2D eigenvalue weighted by Crippen LogP contribution is -2.39. The quantitative estimate of drug-likeness (QED) is 0.507. The van der Waals surface area contributed by atoms with Crippen molar-refractivity contribution in [1.82, 2.24) is 9.88 Å². The van der Waals surface area contributed by atoms with Crippen molar-refractivity contribution >= 4 is 5.91 Å². The molecule has 1 aliphatic heterocycles. The predicted molar refractivity (Wildman–Crippen MR) is 121 cm³/mol. The van der Waals surface area contributed by atoms with Gasteiger partial charge in [-0.1, -0.05) is 30.3 Å². The number of ether oxygens (including phenoxy) is 1. The van der Waals surface area contributed by atoms with Gasteiger partial charge >= 0.3 is 0 Å². The van der Waals surface area contributed by atoms with Gasteiger partial charge in [0.1, 0.15) is 12.0 Å². The molecule has 0 aliphatic carbocycles. The summed E-state index contributed by atoms with van der Waals surface area (Å²) in [5.74, 6) is 2.31. The maximum atomic E-state index is 12.7. The summed E-state index contributed by atoms with van der Waals surface area (Å²) in [4.78, 5) is 19.2. The lowest BCUT2D eigenvalue weighted by atomic mass is 9.90. The smallest absolute Gasteiger partial charge is 0.228 e. The number of carbonyl (C=O) groups is 1. The molecular formula is C26H30N2O3. The Morgan fingerprint density at radius 3 is 2.55 bits per heavy atom. The highest BCUT2D eigenvalue weighted by Gasteiger charge is 2.23. The monoisotopic (exact) mass is 418 g/mol. The zero-order valence-electron chi connectivity index (χ0n) is 18.1. The molecule has 0 spiro atoms. The van der Waals surface area contributed by atoms with Crippen LogP contribution in [-0.2, 0) is 17.6 Å². The van der Waals surface area contributed by atoms with Crippen LogP contribution in [0.15, 0.2) is 65.3 Å². The first-order chi connectivity index (χ1) is 15.2. The van der Waals surface area contributed by atoms with Crippen LogP contribution in [0.5, 0.6) is 5.75 Å². The summed E-state index contributed by atoms with van der Waals surface area (Å²) >= 11 is 0. The zero-order valence-corrected chi connectivity index (χ0v) is 18.1. The molecule has 4 rings (SSSR count). The highest BCUT2D eigenvalue weighted by molar-refractivity contribution is 5.78. The fourth-order valence-corrected chi connectivity index (χ4v) is 4.13. The molecule has 1 amide bonds. The van der Waals surface area contributed by atoms with E-state index in [-0.39, 0.29) is 5.91 Å². The number of aryl methyl sites for hydroxylation is 1. The summed E-state index contributed by atoms with van der Waals surface area (Å²) in [5, 5.41) is 0. The van der Waals surface area contributed by atoms with Crippen molar-refractivity contribution in [1.29, 1.82) is 0 Å². The van der Waals surface area contributed by atoms with E-state index in [9.17, 15) is 4.79 Å². The Kier molecular flexibility index (Phi) is 7.03. The third kappa shape index (κ3) is 5.75. The molecular weight excluding hydrogens is 388 g/mol. The standard InChI is InChI=1S/C26H30N2O3/c1-2-30-24-12-10-20(11-13-24)8-9-21-14-16-28(17-15-21)25(29)18-23-19-31-26(27-23)22-6-4-3-5-7-22/h3-7,10-13,19,21H,2,8-9,14-18H2,1H3. The van der Waals surface area contributed by atoms with E-state index in [1.54, 1.807) is 6.26 Å². The first-order valence-electron chi connectivity index (χ1n) is 11.2. The maximum absolute atomic E-state index is 12.7. The van der Waals surface area contributed by atoms with Gasteiger partial charge in [0.05, 0.1) is 18.7 Å². The van der Waals surface area contributed by atoms with E-state index in [0.29, 0.717) is 30.5 Å². The molecule has 0 saturated carbocycles. The van der Waals surface area contributed by atoms with E-state index in [0.717, 1.165) is 43.7 Å². The number of rotatable bonds is 8. The van der Waals surface area contributed by atoms with Gasteiger partial charge in [-0.15, -0.1) is 0 Å². The number of oxazole rings is 1. The van der Waals surface area contributed by atoms with Gasteiger partial charge in [-0.25, -0.2) is 4.98 Å². The fraction of sp³-hybridized carbons (Fsp3) is 0.385. The fourth-order valence-electron chi connectivity index (χ4n) is 4.13. The Labute approximate surface area is 184 Å². The van der Waals surface area contributed by atoms with Crippen LogP contribution in [0.3, 0.4) is 0 Å². The Bertz CT molecular complexity index is 958. The van der Waals surface area contributed by atoms with Crippen LogP contribution >= 0.6 is 0 Å². The van der Waals surface area contributed by atoms with E-state index in [2.05, 4.69) is 17.1 Å². The van der Waals surface area contributed by atoms with Crippen molar-refractivity contribution in [3.05, 3.63) is 72.1 Å². The van der Waals surface area contributed by atoms with Gasteiger partial charge in [0.2, 0.25) is 11.8 Å². The van der Waals surface area contributed by atoms with E-state index >= 15 is 0 Å². The predicted octanol–water partition coefficient (Wildman–Crippen LogP) is 5.15. The summed E-state index contributed by atoms with van der Waals surface area (Å²) < 4.78 is 11.1. The molecule has 0 unspecified atom stereocenters. The topological polar surface area (TPSA) is 55.6 Å². The summed E-state index contributed by atoms with van der Waals surface area (Å²) in [6, 6.07) is 18.2. The van der Waals surface area contributed by atoms with Crippen LogP contribution in [0.25, 0.3) is 11.5 Å². The Morgan fingerprint density at radius 2 is 1.84 bits per heavy atom. The molecule has 1 aromatic heterocycles. The Morgan fingerprint density at radius 1 is 1.10 bits per heavy atom. The summed E-state index contributed by atoms with van der Waals surface area (Å²) in [7, 11) is 0. The number of carbonyl (C=O) groups excluding carboxylic acids is 1. The largest absolute Gasteiger partial charge is 0.494 e. The second-order valence-corrected chi connectivity index (χ2v) is 8.13. The highest BCUT2D eigenvalue weighted by atomic mass is 16.5. The van der Waals surface area contributed by atoms with Crippen molar-refractivity contribution in [2.45, 2.75) is 39.0 Å². The molecule has 0 atom stereocenters. The summed E-state index contributed by atoms with van der Waals surface area (Å²) in [5.41, 5.74) is 2.97. The SMILES string of the molecule is CCOc1ccc(CCC2CCN(C(=O)Cc3coc(-c4ccccc4)n3)CC2)cc1. The molecule has 31 heavy (non-hydrogen) atoms. The van der Waals surface area contributed by atoms with Crippen LogP contribution < -0.4 is 4.74 Å². The summed E-state index contributed by atoms with van der Waals surface area (Å²) in [6.07, 6.45) is 6.27. The third-order valence-electron chi connectivity index (χ3n) is 5.95. The highest BCUT2D eigenvalue weighted by Crippen LogP contribution is 2.24. The molecule has 5 heteroatoms. The molecule has 0 bridgehead atoms. The normalized spacial score (nSPS) is 14.5. The second kappa shape index (κ2) is 10.3. The van der Waals surface area contributed by atoms with E-state index < -0.39 is 0 Å². The molecule has 5 nitrogen and oxygen atoms in total. The Balaban J connectivity index is 1.21. The number of likely N-dealkylation sites (tertiary alicyclic amines) is 1. The number of hydrogen-bond acceptors (Lipinski definition) is 4. The second-order valence-electron chi connectivity index (χ2n) is 8.13. The van der Waals surface area contributed by atoms with Crippen molar-refractivity contribution < 1.29 is 13.9 Å². The molecule has 1 fully saturated rings. The van der Waals surface area contributed by atoms with Crippen LogP contribution in [0.1, 0.15) is 37.4 Å². The minimum Gasteiger partial charge on any atom is -0.494 e. The van der Waals surface area contributed by atoms with E-state index in [1.165, 1.54) is 12.0 Å². The van der Waals surface area contributed by atoms with Crippen LogP contribution in [0, 0.1) is 5.92 Å². The summed E-state index contributed by atoms with van der Waals surface area (Å²) in [6.45, 7) is 4.35. The number of aromatic nitrogens is 1. The lowest BCUT2D eigenvalue weighted by molar-refractivity contribution is -0.131. The van der Waals surface area contributed by atoms with Crippen molar-refractivity contribution in [2.24, 2.45) is 5.92 Å². The van der Waals surface area contributed by atoms with Gasteiger partial charge in [-0.3, -0.25) is 4.79 Å². The van der Waals surface area contributed by atoms with Gasteiger partial charge in [-0.2, -0.15) is 0 Å². The molecule has 2 heterocycles. The number of hydrogen-bond donors (Lipinski definition) is 0. The molecule has 0 N–H and O–H groups in total. The van der Waals surface area contributed by atoms with Gasteiger partial charge in [0, 0.05) is 18.7 Å². The molecule has 3 aromatic rings. The maximum Gasteiger partial charge on any atom is 0.228 e. The van der Waals surface area contributed by atoms with Crippen LogP contribution in [0.2, 0.25) is 0 Å². The molecule has 2 aromatic carbocycles. The van der Waals surface area contributed by atoms with Crippen molar-refractivity contribution in [2.75, 3.05) is 19.7 Å².